The molecule has 0 bridgehead atoms. The van der Waals surface area contributed by atoms with Crippen LogP contribution in [0.3, 0.4) is 0 Å². The van der Waals surface area contributed by atoms with Crippen LogP contribution in [0.25, 0.3) is 0 Å². The van der Waals surface area contributed by atoms with Gasteiger partial charge in [-0.3, -0.25) is 0 Å². The zero-order valence-electron chi connectivity index (χ0n) is 9.37. The van der Waals surface area contributed by atoms with Gasteiger partial charge in [0, 0.05) is 5.92 Å². The number of rotatable bonds is 5. The molecule has 0 aliphatic rings. The van der Waals surface area contributed by atoms with Gasteiger partial charge in [0.2, 0.25) is 0 Å². The van der Waals surface area contributed by atoms with Crippen LogP contribution in [0.5, 0.6) is 0 Å². The number of aliphatic carboxylic acids is 1. The normalized spacial score (nSPS) is 14.6. The van der Waals surface area contributed by atoms with Crippen LogP contribution in [0, 0.1) is 5.92 Å². The Morgan fingerprint density at radius 2 is 1.85 bits per heavy atom. The first-order chi connectivity index (χ1) is 5.83. The van der Waals surface area contributed by atoms with Gasteiger partial charge in [-0.1, -0.05) is 20.8 Å². The first-order valence-corrected chi connectivity index (χ1v) is 4.88. The summed E-state index contributed by atoms with van der Waals surface area (Å²) >= 11 is 0. The zero-order chi connectivity index (χ0) is 10.6. The van der Waals surface area contributed by atoms with E-state index >= 15 is 0 Å². The Hall–Kier alpha value is -0.570. The van der Waals surface area contributed by atoms with Crippen molar-refractivity contribution >= 4 is 5.97 Å². The molecule has 0 radical (unpaired) electrons. The summed E-state index contributed by atoms with van der Waals surface area (Å²) in [6.07, 6.45) is 1.02. The minimum absolute atomic E-state index is 0.180. The molecule has 0 aliphatic carbocycles. The van der Waals surface area contributed by atoms with Crippen molar-refractivity contribution in [2.45, 2.75) is 33.2 Å². The fraction of sp³-hybridized carbons (Fsp3) is 0.900. The van der Waals surface area contributed by atoms with E-state index in [1.807, 2.05) is 27.9 Å². The van der Waals surface area contributed by atoms with Crippen LogP contribution in [-0.4, -0.2) is 42.2 Å². The number of carboxylic acids is 1. The first-order valence-electron chi connectivity index (χ1n) is 4.88. The molecule has 0 aromatic rings. The van der Waals surface area contributed by atoms with Gasteiger partial charge in [-0.2, -0.15) is 0 Å². The van der Waals surface area contributed by atoms with Gasteiger partial charge in [-0.25, -0.2) is 4.79 Å². The highest BCUT2D eigenvalue weighted by Gasteiger charge is 2.36. The van der Waals surface area contributed by atoms with Gasteiger partial charge in [0.25, 0.3) is 0 Å². The second-order valence-electron chi connectivity index (χ2n) is 4.53. The van der Waals surface area contributed by atoms with Gasteiger partial charge in [0.15, 0.2) is 6.04 Å². The summed E-state index contributed by atoms with van der Waals surface area (Å²) in [6.45, 7) is 6.93. The highest BCUT2D eigenvalue weighted by atomic mass is 16.4. The Bertz CT molecular complexity index is 176. The Morgan fingerprint density at radius 3 is 2.08 bits per heavy atom. The van der Waals surface area contributed by atoms with Gasteiger partial charge in [0.1, 0.15) is 0 Å². The lowest BCUT2D eigenvalue weighted by Crippen LogP contribution is -2.55. The van der Waals surface area contributed by atoms with Gasteiger partial charge in [-0.15, -0.1) is 0 Å². The molecule has 78 valence electrons. The van der Waals surface area contributed by atoms with E-state index in [9.17, 15) is 4.79 Å². The molecule has 0 amide bonds. The summed E-state index contributed by atoms with van der Waals surface area (Å²) in [7, 11) is 3.98. The molecule has 0 saturated heterocycles. The third kappa shape index (κ3) is 3.35. The third-order valence-electron chi connectivity index (χ3n) is 2.44. The van der Waals surface area contributed by atoms with Crippen LogP contribution < -0.4 is 0 Å². The Morgan fingerprint density at radius 1 is 1.38 bits per heavy atom. The number of hydrogen-bond donors (Lipinski definition) is 1. The van der Waals surface area contributed by atoms with Crippen molar-refractivity contribution in [1.82, 2.24) is 0 Å². The zero-order valence-corrected chi connectivity index (χ0v) is 9.37. The number of carboxylic acid groups (broad SMARTS) is 1. The standard InChI is InChI=1S/C10H21NO2/c1-6-7-11(4,5)9(8(2)3)10(12)13/h8-9H,6-7H2,1-5H3/p+1. The highest BCUT2D eigenvalue weighted by Crippen LogP contribution is 2.16. The van der Waals surface area contributed by atoms with E-state index in [4.69, 9.17) is 5.11 Å². The molecule has 1 unspecified atom stereocenters. The largest absolute Gasteiger partial charge is 0.477 e. The molecule has 0 fully saturated rings. The molecule has 0 saturated carbocycles. The molecule has 0 aliphatic heterocycles. The molecule has 1 N–H and O–H groups in total. The topological polar surface area (TPSA) is 37.3 Å². The quantitative estimate of drug-likeness (QED) is 0.665. The molecular weight excluding hydrogens is 166 g/mol. The van der Waals surface area contributed by atoms with E-state index in [0.29, 0.717) is 4.48 Å². The SMILES string of the molecule is CCC[N+](C)(C)C(C(=O)O)C(C)C. The summed E-state index contributed by atoms with van der Waals surface area (Å²) < 4.78 is 0.573. The summed E-state index contributed by atoms with van der Waals surface area (Å²) in [4.78, 5) is 11.0. The van der Waals surface area contributed by atoms with Crippen molar-refractivity contribution in [3.8, 4) is 0 Å². The van der Waals surface area contributed by atoms with Gasteiger partial charge >= 0.3 is 5.97 Å². The minimum atomic E-state index is -0.687. The molecular formula is C10H22NO2+. The smallest absolute Gasteiger partial charge is 0.362 e. The van der Waals surface area contributed by atoms with Crippen molar-refractivity contribution in [3.63, 3.8) is 0 Å². The Kier molecular flexibility index (Phi) is 4.40. The van der Waals surface area contributed by atoms with E-state index in [1.54, 1.807) is 0 Å². The van der Waals surface area contributed by atoms with Crippen molar-refractivity contribution in [2.75, 3.05) is 20.6 Å². The lowest BCUT2D eigenvalue weighted by Gasteiger charge is -2.37. The van der Waals surface area contributed by atoms with Gasteiger partial charge < -0.3 is 9.59 Å². The molecule has 3 heteroatoms. The summed E-state index contributed by atoms with van der Waals surface area (Å²) in [5.41, 5.74) is 0. The number of likely N-dealkylation sites (N-methyl/N-ethyl adjacent to an activating group) is 1. The second kappa shape index (κ2) is 4.61. The van der Waals surface area contributed by atoms with Crippen LogP contribution in [0.15, 0.2) is 0 Å². The molecule has 0 aromatic carbocycles. The van der Waals surface area contributed by atoms with Crippen LogP contribution in [0.4, 0.5) is 0 Å². The van der Waals surface area contributed by atoms with E-state index in [1.165, 1.54) is 0 Å². The van der Waals surface area contributed by atoms with Crippen molar-refractivity contribution in [1.29, 1.82) is 0 Å². The first kappa shape index (κ1) is 12.4. The average Bonchev–Trinajstić information content (AvgIpc) is 1.82. The molecule has 0 rings (SSSR count). The van der Waals surface area contributed by atoms with E-state index in [-0.39, 0.29) is 12.0 Å². The fourth-order valence-electron chi connectivity index (χ4n) is 2.11. The van der Waals surface area contributed by atoms with Crippen molar-refractivity contribution in [3.05, 3.63) is 0 Å². The molecule has 3 nitrogen and oxygen atoms in total. The average molecular weight is 188 g/mol. The van der Waals surface area contributed by atoms with Crippen molar-refractivity contribution in [2.24, 2.45) is 5.92 Å². The molecule has 0 aromatic heterocycles. The van der Waals surface area contributed by atoms with Crippen LogP contribution in [0.2, 0.25) is 0 Å². The molecule has 13 heavy (non-hydrogen) atoms. The monoisotopic (exact) mass is 188 g/mol. The van der Waals surface area contributed by atoms with Gasteiger partial charge in [0.05, 0.1) is 20.6 Å². The molecule has 0 heterocycles. The Labute approximate surface area is 80.9 Å². The molecule has 1 atom stereocenters. The van der Waals surface area contributed by atoms with Crippen molar-refractivity contribution < 1.29 is 14.4 Å². The lowest BCUT2D eigenvalue weighted by molar-refractivity contribution is -0.910. The summed E-state index contributed by atoms with van der Waals surface area (Å²) in [5.74, 6) is -0.507. The number of carbonyl (C=O) groups is 1. The predicted octanol–water partition coefficient (Wildman–Crippen LogP) is 1.58. The minimum Gasteiger partial charge on any atom is -0.477 e. The number of nitrogens with zero attached hydrogens (tertiary/aromatic N) is 1. The van der Waals surface area contributed by atoms with Crippen LogP contribution >= 0.6 is 0 Å². The summed E-state index contributed by atoms with van der Waals surface area (Å²) in [5, 5.41) is 9.09. The number of quaternary nitrogens is 1. The maximum Gasteiger partial charge on any atom is 0.362 e. The second-order valence-corrected chi connectivity index (χ2v) is 4.53. The lowest BCUT2D eigenvalue weighted by atomic mass is 10.0. The van der Waals surface area contributed by atoms with Gasteiger partial charge in [-0.05, 0) is 6.42 Å². The summed E-state index contributed by atoms with van der Waals surface area (Å²) in [6, 6.07) is -0.292. The van der Waals surface area contributed by atoms with E-state index < -0.39 is 5.97 Å². The molecule has 0 spiro atoms. The maximum atomic E-state index is 11.0. The van der Waals surface area contributed by atoms with Crippen LogP contribution in [0.1, 0.15) is 27.2 Å². The van der Waals surface area contributed by atoms with E-state index in [0.717, 1.165) is 13.0 Å². The van der Waals surface area contributed by atoms with E-state index in [2.05, 4.69) is 6.92 Å². The highest BCUT2D eigenvalue weighted by molar-refractivity contribution is 5.72. The Balaban J connectivity index is 4.62. The van der Waals surface area contributed by atoms with Crippen LogP contribution in [-0.2, 0) is 4.79 Å². The maximum absolute atomic E-state index is 11.0. The third-order valence-corrected chi connectivity index (χ3v) is 2.44. The number of hydrogen-bond acceptors (Lipinski definition) is 1. The predicted molar refractivity (Wildman–Crippen MR) is 53.5 cm³/mol. The fourth-order valence-corrected chi connectivity index (χ4v) is 2.11.